The average molecular weight is 239 g/mol. The maximum Gasteiger partial charge on any atom is 0.0415 e. The van der Waals surface area contributed by atoms with Crippen molar-refractivity contribution in [2.24, 2.45) is 5.92 Å². The van der Waals surface area contributed by atoms with E-state index in [0.717, 1.165) is 12.3 Å². The highest BCUT2D eigenvalue weighted by Crippen LogP contribution is 2.28. The van der Waals surface area contributed by atoms with Gasteiger partial charge in [-0.2, -0.15) is 0 Å². The summed E-state index contributed by atoms with van der Waals surface area (Å²) in [5.74, 6) is 0.825. The number of aryl methyl sites for hydroxylation is 1. The minimum Gasteiger partial charge on any atom is -0.312 e. The van der Waals surface area contributed by atoms with Crippen molar-refractivity contribution in [1.29, 1.82) is 0 Å². The Bertz CT molecular complexity index is 291. The van der Waals surface area contributed by atoms with Crippen LogP contribution in [0.5, 0.6) is 0 Å². The van der Waals surface area contributed by atoms with Crippen LogP contribution in [-0.4, -0.2) is 7.05 Å². The van der Waals surface area contributed by atoms with E-state index in [1.54, 1.807) is 4.88 Å². The highest BCUT2D eigenvalue weighted by molar-refractivity contribution is 7.10. The van der Waals surface area contributed by atoms with Crippen molar-refractivity contribution in [1.82, 2.24) is 5.32 Å². The lowest BCUT2D eigenvalue weighted by Gasteiger charge is -2.17. The lowest BCUT2D eigenvalue weighted by molar-refractivity contribution is 0.473. The Kier molecular flexibility index (Phi) is 6.07. The third-order valence-electron chi connectivity index (χ3n) is 3.10. The van der Waals surface area contributed by atoms with E-state index in [2.05, 4.69) is 44.6 Å². The fraction of sp³-hybridized carbons (Fsp3) is 0.714. The Balaban J connectivity index is 2.53. The molecule has 0 aliphatic carbocycles. The van der Waals surface area contributed by atoms with E-state index in [4.69, 9.17) is 0 Å². The van der Waals surface area contributed by atoms with Crippen LogP contribution < -0.4 is 5.32 Å². The normalized spacial score (nSPS) is 13.3. The maximum absolute atomic E-state index is 3.46. The van der Waals surface area contributed by atoms with Crippen LogP contribution in [0, 0.1) is 5.92 Å². The van der Waals surface area contributed by atoms with Crippen molar-refractivity contribution < 1.29 is 0 Å². The van der Waals surface area contributed by atoms with Gasteiger partial charge in [0.1, 0.15) is 0 Å². The maximum atomic E-state index is 3.46. The molecule has 0 amide bonds. The summed E-state index contributed by atoms with van der Waals surface area (Å²) in [6.45, 7) is 6.85. The molecule has 0 saturated heterocycles. The Morgan fingerprint density at radius 1 is 1.31 bits per heavy atom. The molecular weight excluding hydrogens is 214 g/mol. The Morgan fingerprint density at radius 2 is 2.06 bits per heavy atom. The quantitative estimate of drug-likeness (QED) is 0.744. The minimum atomic E-state index is 0.564. The van der Waals surface area contributed by atoms with Crippen LogP contribution in [0.3, 0.4) is 0 Å². The summed E-state index contributed by atoms with van der Waals surface area (Å²) in [6, 6.07) is 2.83. The molecule has 0 spiro atoms. The molecule has 1 N–H and O–H groups in total. The highest BCUT2D eigenvalue weighted by Gasteiger charge is 2.13. The van der Waals surface area contributed by atoms with E-state index in [9.17, 15) is 0 Å². The molecule has 1 aromatic heterocycles. The third kappa shape index (κ3) is 3.91. The molecule has 0 aliphatic heterocycles. The second kappa shape index (κ2) is 7.08. The van der Waals surface area contributed by atoms with Crippen molar-refractivity contribution >= 4 is 11.3 Å². The van der Waals surface area contributed by atoms with Gasteiger partial charge in [0.15, 0.2) is 0 Å². The van der Waals surface area contributed by atoms with Crippen molar-refractivity contribution in [3.8, 4) is 0 Å². The number of thiophene rings is 1. The van der Waals surface area contributed by atoms with Gasteiger partial charge in [0.25, 0.3) is 0 Å². The summed E-state index contributed by atoms with van der Waals surface area (Å²) < 4.78 is 0. The number of hydrogen-bond donors (Lipinski definition) is 1. The molecule has 0 bridgehead atoms. The van der Waals surface area contributed by atoms with Crippen LogP contribution in [0.4, 0.5) is 0 Å². The van der Waals surface area contributed by atoms with Crippen LogP contribution >= 0.6 is 11.3 Å². The fourth-order valence-corrected chi connectivity index (χ4v) is 3.22. The molecular formula is C14H25NS. The molecule has 16 heavy (non-hydrogen) atoms. The number of rotatable bonds is 7. The first-order valence-corrected chi connectivity index (χ1v) is 7.30. The lowest BCUT2D eigenvalue weighted by Crippen LogP contribution is -2.16. The average Bonchev–Trinajstić information content (AvgIpc) is 2.72. The van der Waals surface area contributed by atoms with Crippen LogP contribution in [0.2, 0.25) is 0 Å². The predicted octanol–water partition coefficient (Wildman–Crippen LogP) is 4.40. The monoisotopic (exact) mass is 239 g/mol. The van der Waals surface area contributed by atoms with E-state index < -0.39 is 0 Å². The van der Waals surface area contributed by atoms with E-state index in [1.807, 2.05) is 11.3 Å². The molecule has 1 aromatic rings. The first-order chi connectivity index (χ1) is 7.69. The van der Waals surface area contributed by atoms with Crippen LogP contribution in [0.25, 0.3) is 0 Å². The summed E-state index contributed by atoms with van der Waals surface area (Å²) in [7, 11) is 2.08. The lowest BCUT2D eigenvalue weighted by atomic mass is 10.0. The SMILES string of the molecule is CCc1ccsc1C(CCCC(C)C)NC. The summed E-state index contributed by atoms with van der Waals surface area (Å²) >= 11 is 1.90. The topological polar surface area (TPSA) is 12.0 Å². The highest BCUT2D eigenvalue weighted by atomic mass is 32.1. The van der Waals surface area contributed by atoms with Crippen molar-refractivity contribution in [2.75, 3.05) is 7.05 Å². The minimum absolute atomic E-state index is 0.564. The standard InChI is InChI=1S/C14H25NS/c1-5-12-9-10-16-14(12)13(15-4)8-6-7-11(2)3/h9-11,13,15H,5-8H2,1-4H3. The van der Waals surface area contributed by atoms with Crippen molar-refractivity contribution in [3.05, 3.63) is 21.9 Å². The Morgan fingerprint density at radius 3 is 2.62 bits per heavy atom. The van der Waals surface area contributed by atoms with Gasteiger partial charge < -0.3 is 5.32 Å². The smallest absolute Gasteiger partial charge is 0.0415 e. The fourth-order valence-electron chi connectivity index (χ4n) is 2.08. The van der Waals surface area contributed by atoms with E-state index in [0.29, 0.717) is 6.04 Å². The molecule has 92 valence electrons. The van der Waals surface area contributed by atoms with Crippen LogP contribution in [0.1, 0.15) is 56.5 Å². The molecule has 0 saturated carbocycles. The number of hydrogen-bond acceptors (Lipinski definition) is 2. The van der Waals surface area contributed by atoms with Gasteiger partial charge in [0.05, 0.1) is 0 Å². The zero-order valence-corrected chi connectivity index (χ0v) is 11.9. The zero-order chi connectivity index (χ0) is 12.0. The second-order valence-electron chi connectivity index (χ2n) is 4.83. The van der Waals surface area contributed by atoms with Crippen molar-refractivity contribution in [2.45, 2.75) is 52.5 Å². The third-order valence-corrected chi connectivity index (χ3v) is 4.17. The molecule has 1 atom stereocenters. The second-order valence-corrected chi connectivity index (χ2v) is 5.78. The molecule has 1 nitrogen and oxygen atoms in total. The summed E-state index contributed by atoms with van der Waals surface area (Å²) in [5, 5.41) is 5.69. The van der Waals surface area contributed by atoms with Crippen LogP contribution in [-0.2, 0) is 6.42 Å². The summed E-state index contributed by atoms with van der Waals surface area (Å²) in [6.07, 6.45) is 5.08. The van der Waals surface area contributed by atoms with Gasteiger partial charge in [-0.3, -0.25) is 0 Å². The molecule has 2 heteroatoms. The van der Waals surface area contributed by atoms with E-state index in [1.165, 1.54) is 24.8 Å². The van der Waals surface area contributed by atoms with E-state index >= 15 is 0 Å². The van der Waals surface area contributed by atoms with Crippen molar-refractivity contribution in [3.63, 3.8) is 0 Å². The Labute approximate surface area is 104 Å². The first kappa shape index (κ1) is 13.7. The van der Waals surface area contributed by atoms with Gasteiger partial charge in [-0.05, 0) is 42.8 Å². The summed E-state index contributed by atoms with van der Waals surface area (Å²) in [4.78, 5) is 1.55. The van der Waals surface area contributed by atoms with Gasteiger partial charge in [-0.15, -0.1) is 11.3 Å². The van der Waals surface area contributed by atoms with Gasteiger partial charge in [0, 0.05) is 10.9 Å². The zero-order valence-electron chi connectivity index (χ0n) is 11.0. The number of nitrogens with one attached hydrogen (secondary N) is 1. The molecule has 1 heterocycles. The molecule has 0 aromatic carbocycles. The van der Waals surface area contributed by atoms with E-state index in [-0.39, 0.29) is 0 Å². The molecule has 1 unspecified atom stereocenters. The van der Waals surface area contributed by atoms with Crippen LogP contribution in [0.15, 0.2) is 11.4 Å². The molecule has 1 rings (SSSR count). The van der Waals surface area contributed by atoms with Gasteiger partial charge in [-0.1, -0.05) is 33.6 Å². The Hall–Kier alpha value is -0.340. The predicted molar refractivity (Wildman–Crippen MR) is 74.2 cm³/mol. The first-order valence-electron chi connectivity index (χ1n) is 6.42. The van der Waals surface area contributed by atoms with Gasteiger partial charge in [0.2, 0.25) is 0 Å². The van der Waals surface area contributed by atoms with Gasteiger partial charge in [-0.25, -0.2) is 0 Å². The molecule has 0 aliphatic rings. The summed E-state index contributed by atoms with van der Waals surface area (Å²) in [5.41, 5.74) is 1.52. The largest absolute Gasteiger partial charge is 0.312 e. The molecule has 0 fully saturated rings. The van der Waals surface area contributed by atoms with Gasteiger partial charge >= 0.3 is 0 Å². The molecule has 0 radical (unpaired) electrons.